The van der Waals surface area contributed by atoms with E-state index >= 15 is 0 Å². The Kier molecular flexibility index (Phi) is 2.60. The van der Waals surface area contributed by atoms with Gasteiger partial charge in [-0.25, -0.2) is 0 Å². The summed E-state index contributed by atoms with van der Waals surface area (Å²) in [6.07, 6.45) is 5.24. The maximum absolute atomic E-state index is 3.66. The fourth-order valence-corrected chi connectivity index (χ4v) is 2.41. The van der Waals surface area contributed by atoms with Crippen LogP contribution in [0.2, 0.25) is 0 Å². The van der Waals surface area contributed by atoms with Crippen LogP contribution in [-0.2, 0) is 6.42 Å². The molecule has 2 aliphatic rings. The van der Waals surface area contributed by atoms with Gasteiger partial charge in [0.25, 0.3) is 0 Å². The zero-order valence-corrected chi connectivity index (χ0v) is 9.92. The minimum atomic E-state index is 0.620. The van der Waals surface area contributed by atoms with Crippen molar-refractivity contribution in [2.45, 2.75) is 44.7 Å². The molecule has 0 saturated heterocycles. The number of anilines is 1. The second-order valence-corrected chi connectivity index (χ2v) is 5.22. The van der Waals surface area contributed by atoms with Gasteiger partial charge in [0, 0.05) is 24.3 Å². The average molecular weight is 216 g/mol. The Morgan fingerprint density at radius 3 is 3.00 bits per heavy atom. The standard InChI is InChI=1S/C14H20N2/c1-10-2-3-11-4-5-13(16-14(11)8-10)9-15-12-6-7-12/h2-3,8,12-13,15-16H,4-7,9H2,1H3. The minimum Gasteiger partial charge on any atom is -0.381 e. The predicted molar refractivity (Wildman–Crippen MR) is 67.9 cm³/mol. The smallest absolute Gasteiger partial charge is 0.0389 e. The molecular formula is C14H20N2. The molecule has 1 aromatic rings. The van der Waals surface area contributed by atoms with E-state index in [9.17, 15) is 0 Å². The first kappa shape index (κ1) is 10.2. The molecule has 3 rings (SSSR count). The molecule has 1 atom stereocenters. The number of fused-ring (bicyclic) bond motifs is 1. The highest BCUT2D eigenvalue weighted by molar-refractivity contribution is 5.55. The van der Waals surface area contributed by atoms with Gasteiger partial charge in [-0.15, -0.1) is 0 Å². The van der Waals surface area contributed by atoms with Crippen LogP contribution in [0.5, 0.6) is 0 Å². The summed E-state index contributed by atoms with van der Waals surface area (Å²) < 4.78 is 0. The number of benzene rings is 1. The van der Waals surface area contributed by atoms with E-state index in [1.54, 1.807) is 0 Å². The van der Waals surface area contributed by atoms with E-state index in [1.807, 2.05) is 0 Å². The summed E-state index contributed by atoms with van der Waals surface area (Å²) in [5.41, 5.74) is 4.18. The monoisotopic (exact) mass is 216 g/mol. The molecule has 2 nitrogen and oxygen atoms in total. The van der Waals surface area contributed by atoms with Crippen molar-refractivity contribution in [2.24, 2.45) is 0 Å². The lowest BCUT2D eigenvalue weighted by Crippen LogP contribution is -2.36. The number of hydrogen-bond acceptors (Lipinski definition) is 2. The highest BCUT2D eigenvalue weighted by Gasteiger charge is 2.23. The molecule has 16 heavy (non-hydrogen) atoms. The molecule has 1 heterocycles. The van der Waals surface area contributed by atoms with Gasteiger partial charge in [0.05, 0.1) is 0 Å². The Balaban J connectivity index is 1.64. The summed E-state index contributed by atoms with van der Waals surface area (Å²) in [4.78, 5) is 0. The van der Waals surface area contributed by atoms with Crippen molar-refractivity contribution in [3.8, 4) is 0 Å². The second kappa shape index (κ2) is 4.10. The molecule has 1 unspecified atom stereocenters. The zero-order chi connectivity index (χ0) is 11.0. The summed E-state index contributed by atoms with van der Waals surface area (Å²) in [5, 5.41) is 7.27. The van der Waals surface area contributed by atoms with E-state index in [4.69, 9.17) is 0 Å². The van der Waals surface area contributed by atoms with E-state index < -0.39 is 0 Å². The molecular weight excluding hydrogens is 196 g/mol. The van der Waals surface area contributed by atoms with Gasteiger partial charge < -0.3 is 10.6 Å². The van der Waals surface area contributed by atoms with Crippen LogP contribution in [-0.4, -0.2) is 18.6 Å². The number of rotatable bonds is 3. The Hall–Kier alpha value is -1.02. The number of nitrogens with one attached hydrogen (secondary N) is 2. The molecule has 0 spiro atoms. The van der Waals surface area contributed by atoms with E-state index in [0.29, 0.717) is 6.04 Å². The normalized spacial score (nSPS) is 23.7. The van der Waals surface area contributed by atoms with Crippen molar-refractivity contribution in [3.05, 3.63) is 29.3 Å². The zero-order valence-electron chi connectivity index (χ0n) is 9.92. The Labute approximate surface area is 97.4 Å². The van der Waals surface area contributed by atoms with Gasteiger partial charge in [-0.05, 0) is 49.8 Å². The maximum Gasteiger partial charge on any atom is 0.0389 e. The molecule has 0 aromatic heterocycles. The van der Waals surface area contributed by atoms with Crippen LogP contribution in [0.25, 0.3) is 0 Å². The van der Waals surface area contributed by atoms with Crippen molar-refractivity contribution >= 4 is 5.69 Å². The van der Waals surface area contributed by atoms with Crippen LogP contribution in [0.4, 0.5) is 5.69 Å². The molecule has 1 saturated carbocycles. The SMILES string of the molecule is Cc1ccc2c(c1)NC(CNC1CC1)CC2. The largest absolute Gasteiger partial charge is 0.381 e. The van der Waals surface area contributed by atoms with Crippen LogP contribution in [0.15, 0.2) is 18.2 Å². The maximum atomic E-state index is 3.66. The Morgan fingerprint density at radius 1 is 1.31 bits per heavy atom. The molecule has 1 fully saturated rings. The van der Waals surface area contributed by atoms with Gasteiger partial charge in [-0.3, -0.25) is 0 Å². The van der Waals surface area contributed by atoms with Crippen molar-refractivity contribution in [1.82, 2.24) is 5.32 Å². The predicted octanol–water partition coefficient (Wildman–Crippen LogP) is 2.47. The molecule has 2 heteroatoms. The summed E-state index contributed by atoms with van der Waals surface area (Å²) >= 11 is 0. The molecule has 1 aliphatic heterocycles. The van der Waals surface area contributed by atoms with Gasteiger partial charge in [0.1, 0.15) is 0 Å². The highest BCUT2D eigenvalue weighted by Crippen LogP contribution is 2.26. The van der Waals surface area contributed by atoms with E-state index in [-0.39, 0.29) is 0 Å². The van der Waals surface area contributed by atoms with Crippen LogP contribution in [0.3, 0.4) is 0 Å². The fraction of sp³-hybridized carbons (Fsp3) is 0.571. The first-order valence-electron chi connectivity index (χ1n) is 6.41. The highest BCUT2D eigenvalue weighted by atomic mass is 15.0. The second-order valence-electron chi connectivity index (χ2n) is 5.22. The molecule has 1 aliphatic carbocycles. The topological polar surface area (TPSA) is 24.1 Å². The number of aryl methyl sites for hydroxylation is 2. The van der Waals surface area contributed by atoms with Gasteiger partial charge in [0.15, 0.2) is 0 Å². The summed E-state index contributed by atoms with van der Waals surface area (Å²) in [6, 6.07) is 8.19. The molecule has 0 radical (unpaired) electrons. The first-order valence-corrected chi connectivity index (χ1v) is 6.41. The van der Waals surface area contributed by atoms with Gasteiger partial charge >= 0.3 is 0 Å². The third-order valence-corrected chi connectivity index (χ3v) is 3.62. The Bertz CT molecular complexity index is 382. The minimum absolute atomic E-state index is 0.620. The average Bonchev–Trinajstić information content (AvgIpc) is 3.09. The van der Waals surface area contributed by atoms with Crippen LogP contribution in [0.1, 0.15) is 30.4 Å². The lowest BCUT2D eigenvalue weighted by Gasteiger charge is -2.27. The van der Waals surface area contributed by atoms with Gasteiger partial charge in [-0.1, -0.05) is 12.1 Å². The third kappa shape index (κ3) is 2.22. The van der Waals surface area contributed by atoms with Crippen LogP contribution >= 0.6 is 0 Å². The third-order valence-electron chi connectivity index (χ3n) is 3.62. The van der Waals surface area contributed by atoms with E-state index in [1.165, 1.54) is 42.5 Å². The first-order chi connectivity index (χ1) is 7.81. The van der Waals surface area contributed by atoms with Crippen LogP contribution < -0.4 is 10.6 Å². The van der Waals surface area contributed by atoms with Crippen molar-refractivity contribution in [2.75, 3.05) is 11.9 Å². The quantitative estimate of drug-likeness (QED) is 0.811. The Morgan fingerprint density at radius 2 is 2.19 bits per heavy atom. The van der Waals surface area contributed by atoms with Gasteiger partial charge in [-0.2, -0.15) is 0 Å². The molecule has 1 aromatic carbocycles. The molecule has 0 bridgehead atoms. The van der Waals surface area contributed by atoms with Gasteiger partial charge in [0.2, 0.25) is 0 Å². The van der Waals surface area contributed by atoms with Crippen LogP contribution in [0, 0.1) is 6.92 Å². The van der Waals surface area contributed by atoms with Crippen molar-refractivity contribution < 1.29 is 0 Å². The molecule has 86 valence electrons. The lowest BCUT2D eigenvalue weighted by atomic mass is 9.97. The van der Waals surface area contributed by atoms with E-state index in [2.05, 4.69) is 35.8 Å². The van der Waals surface area contributed by atoms with Crippen molar-refractivity contribution in [1.29, 1.82) is 0 Å². The summed E-state index contributed by atoms with van der Waals surface area (Å²) in [5.74, 6) is 0. The fourth-order valence-electron chi connectivity index (χ4n) is 2.41. The summed E-state index contributed by atoms with van der Waals surface area (Å²) in [7, 11) is 0. The summed E-state index contributed by atoms with van der Waals surface area (Å²) in [6.45, 7) is 3.28. The van der Waals surface area contributed by atoms with Crippen molar-refractivity contribution in [3.63, 3.8) is 0 Å². The molecule has 0 amide bonds. The van der Waals surface area contributed by atoms with E-state index in [0.717, 1.165) is 12.6 Å². The lowest BCUT2D eigenvalue weighted by molar-refractivity contribution is 0.557. The number of hydrogen-bond donors (Lipinski definition) is 2. The molecule has 2 N–H and O–H groups in total.